The smallest absolute Gasteiger partial charge is 0.255 e. The number of carbonyl (C=O) groups excluding carboxylic acids is 2. The van der Waals surface area contributed by atoms with Crippen molar-refractivity contribution in [3.63, 3.8) is 0 Å². The van der Waals surface area contributed by atoms with Gasteiger partial charge < -0.3 is 10.6 Å². The number of hydrogen-bond donors (Lipinski definition) is 1. The number of carbonyl (C=O) groups is 2. The van der Waals surface area contributed by atoms with E-state index in [0.29, 0.717) is 30.1 Å². The molecule has 1 aromatic rings. The second-order valence-electron chi connectivity index (χ2n) is 5.41. The minimum atomic E-state index is -0.308. The Kier molecular flexibility index (Phi) is 4.65. The van der Waals surface area contributed by atoms with Crippen LogP contribution in [0.25, 0.3) is 0 Å². The van der Waals surface area contributed by atoms with Crippen LogP contribution in [-0.2, 0) is 4.79 Å². The number of aryl methyl sites for hydroxylation is 1. The molecule has 5 heteroatoms. The minimum Gasteiger partial charge on any atom is -0.370 e. The first-order chi connectivity index (χ1) is 9.47. The van der Waals surface area contributed by atoms with Gasteiger partial charge in [0.2, 0.25) is 5.91 Å². The highest BCUT2D eigenvalue weighted by molar-refractivity contribution is 6.33. The molecule has 1 aliphatic rings. The SMILES string of the molecule is Cc1ccc(C(=O)N2CCC[C@@H](CC(N)=O)C2)c(Cl)c1. The summed E-state index contributed by atoms with van der Waals surface area (Å²) >= 11 is 6.14. The number of likely N-dealkylation sites (tertiary alicyclic amines) is 1. The van der Waals surface area contributed by atoms with E-state index in [4.69, 9.17) is 17.3 Å². The molecule has 4 nitrogen and oxygen atoms in total. The molecule has 108 valence electrons. The van der Waals surface area contributed by atoms with Gasteiger partial charge in [0.1, 0.15) is 0 Å². The molecule has 2 N–H and O–H groups in total. The fourth-order valence-electron chi connectivity index (χ4n) is 2.66. The van der Waals surface area contributed by atoms with Gasteiger partial charge in [-0.3, -0.25) is 9.59 Å². The van der Waals surface area contributed by atoms with Gasteiger partial charge in [-0.2, -0.15) is 0 Å². The summed E-state index contributed by atoms with van der Waals surface area (Å²) in [6.07, 6.45) is 2.17. The highest BCUT2D eigenvalue weighted by Crippen LogP contribution is 2.24. The van der Waals surface area contributed by atoms with Crippen LogP contribution >= 0.6 is 11.6 Å². The minimum absolute atomic E-state index is 0.0656. The first kappa shape index (κ1) is 14.9. The summed E-state index contributed by atoms with van der Waals surface area (Å²) in [5, 5.41) is 0.479. The van der Waals surface area contributed by atoms with Crippen molar-refractivity contribution in [1.82, 2.24) is 4.90 Å². The van der Waals surface area contributed by atoms with Gasteiger partial charge in [0.25, 0.3) is 5.91 Å². The molecule has 1 fully saturated rings. The Morgan fingerprint density at radius 3 is 2.85 bits per heavy atom. The molecular formula is C15H19ClN2O2. The van der Waals surface area contributed by atoms with Gasteiger partial charge in [-0.25, -0.2) is 0 Å². The summed E-state index contributed by atoms with van der Waals surface area (Å²) in [6.45, 7) is 3.22. The molecule has 1 heterocycles. The predicted octanol–water partition coefficient (Wildman–Crippen LogP) is 2.38. The van der Waals surface area contributed by atoms with Gasteiger partial charge in [0.15, 0.2) is 0 Å². The summed E-state index contributed by atoms with van der Waals surface area (Å²) in [5.74, 6) is -0.212. The lowest BCUT2D eigenvalue weighted by atomic mass is 9.94. The maximum absolute atomic E-state index is 12.5. The van der Waals surface area contributed by atoms with Gasteiger partial charge in [-0.05, 0) is 43.4 Å². The third kappa shape index (κ3) is 3.51. The van der Waals surface area contributed by atoms with E-state index < -0.39 is 0 Å². The lowest BCUT2D eigenvalue weighted by Gasteiger charge is -2.32. The third-order valence-electron chi connectivity index (χ3n) is 3.65. The van der Waals surface area contributed by atoms with Crippen LogP contribution in [0.5, 0.6) is 0 Å². The van der Waals surface area contributed by atoms with E-state index in [2.05, 4.69) is 0 Å². The van der Waals surface area contributed by atoms with Crippen molar-refractivity contribution in [3.05, 3.63) is 34.3 Å². The Labute approximate surface area is 123 Å². The Hall–Kier alpha value is -1.55. The van der Waals surface area contributed by atoms with E-state index >= 15 is 0 Å². The number of primary amides is 1. The summed E-state index contributed by atoms with van der Waals surface area (Å²) < 4.78 is 0. The standard InChI is InChI=1S/C15H19ClN2O2/c1-10-4-5-12(13(16)7-10)15(20)18-6-2-3-11(9-18)8-14(17)19/h4-5,7,11H,2-3,6,8-9H2,1H3,(H2,17,19)/t11-/m0/s1. The number of hydrogen-bond acceptors (Lipinski definition) is 2. The fourth-order valence-corrected chi connectivity index (χ4v) is 2.98. The number of amides is 2. The largest absolute Gasteiger partial charge is 0.370 e. The highest BCUT2D eigenvalue weighted by atomic mass is 35.5. The second kappa shape index (κ2) is 6.27. The van der Waals surface area contributed by atoms with E-state index in [-0.39, 0.29) is 17.7 Å². The van der Waals surface area contributed by atoms with Gasteiger partial charge in [0, 0.05) is 19.5 Å². The Morgan fingerprint density at radius 1 is 1.45 bits per heavy atom. The average Bonchev–Trinajstić information content (AvgIpc) is 2.37. The third-order valence-corrected chi connectivity index (χ3v) is 3.96. The summed E-state index contributed by atoms with van der Waals surface area (Å²) in [6, 6.07) is 5.43. The van der Waals surface area contributed by atoms with E-state index in [1.54, 1.807) is 17.0 Å². The van der Waals surface area contributed by atoms with Crippen molar-refractivity contribution in [1.29, 1.82) is 0 Å². The van der Waals surface area contributed by atoms with Crippen molar-refractivity contribution in [2.45, 2.75) is 26.2 Å². The van der Waals surface area contributed by atoms with E-state index in [1.165, 1.54) is 0 Å². The van der Waals surface area contributed by atoms with Crippen LogP contribution in [0.1, 0.15) is 35.2 Å². The molecule has 0 spiro atoms. The molecule has 0 saturated carbocycles. The monoisotopic (exact) mass is 294 g/mol. The number of halogens is 1. The van der Waals surface area contributed by atoms with Crippen molar-refractivity contribution in [3.8, 4) is 0 Å². The van der Waals surface area contributed by atoms with Crippen LogP contribution in [0.15, 0.2) is 18.2 Å². The van der Waals surface area contributed by atoms with Crippen LogP contribution in [0.3, 0.4) is 0 Å². The number of nitrogens with two attached hydrogens (primary N) is 1. The second-order valence-corrected chi connectivity index (χ2v) is 5.82. The zero-order valence-electron chi connectivity index (χ0n) is 11.6. The molecule has 0 aliphatic carbocycles. The van der Waals surface area contributed by atoms with Crippen LogP contribution in [0.2, 0.25) is 5.02 Å². The molecule has 1 aromatic carbocycles. The quantitative estimate of drug-likeness (QED) is 0.930. The zero-order chi connectivity index (χ0) is 14.7. The van der Waals surface area contributed by atoms with Gasteiger partial charge in [-0.1, -0.05) is 17.7 Å². The average molecular weight is 295 g/mol. The molecule has 1 atom stereocenters. The first-order valence-electron chi connectivity index (χ1n) is 6.81. The van der Waals surface area contributed by atoms with Crippen molar-refractivity contribution >= 4 is 23.4 Å². The van der Waals surface area contributed by atoms with Gasteiger partial charge in [0.05, 0.1) is 10.6 Å². The lowest BCUT2D eigenvalue weighted by molar-refractivity contribution is -0.119. The maximum atomic E-state index is 12.5. The van der Waals surface area contributed by atoms with Crippen molar-refractivity contribution in [2.75, 3.05) is 13.1 Å². The molecule has 2 amide bonds. The van der Waals surface area contributed by atoms with Crippen LogP contribution < -0.4 is 5.73 Å². The number of benzene rings is 1. The van der Waals surface area contributed by atoms with E-state index in [0.717, 1.165) is 18.4 Å². The van der Waals surface area contributed by atoms with Crippen molar-refractivity contribution < 1.29 is 9.59 Å². The van der Waals surface area contributed by atoms with Gasteiger partial charge in [-0.15, -0.1) is 0 Å². The van der Waals surface area contributed by atoms with E-state index in [1.807, 2.05) is 13.0 Å². The number of piperidine rings is 1. The van der Waals surface area contributed by atoms with Crippen LogP contribution in [0.4, 0.5) is 0 Å². The van der Waals surface area contributed by atoms with Crippen molar-refractivity contribution in [2.24, 2.45) is 11.7 Å². The topological polar surface area (TPSA) is 63.4 Å². The van der Waals surface area contributed by atoms with E-state index in [9.17, 15) is 9.59 Å². The molecule has 0 radical (unpaired) electrons. The normalized spacial score (nSPS) is 18.9. The first-order valence-corrected chi connectivity index (χ1v) is 7.19. The summed E-state index contributed by atoms with van der Waals surface area (Å²) in [5.41, 5.74) is 6.78. The number of nitrogens with zero attached hydrogens (tertiary/aromatic N) is 1. The molecule has 1 saturated heterocycles. The summed E-state index contributed by atoms with van der Waals surface area (Å²) in [4.78, 5) is 25.3. The Bertz CT molecular complexity index is 531. The summed E-state index contributed by atoms with van der Waals surface area (Å²) in [7, 11) is 0. The lowest BCUT2D eigenvalue weighted by Crippen LogP contribution is -2.41. The maximum Gasteiger partial charge on any atom is 0.255 e. The molecule has 0 unspecified atom stereocenters. The number of rotatable bonds is 3. The fraction of sp³-hybridized carbons (Fsp3) is 0.467. The van der Waals surface area contributed by atoms with Crippen LogP contribution in [-0.4, -0.2) is 29.8 Å². The Balaban J connectivity index is 2.10. The molecule has 0 aromatic heterocycles. The van der Waals surface area contributed by atoms with Crippen LogP contribution in [0, 0.1) is 12.8 Å². The molecule has 0 bridgehead atoms. The Morgan fingerprint density at radius 2 is 2.20 bits per heavy atom. The molecule has 20 heavy (non-hydrogen) atoms. The zero-order valence-corrected chi connectivity index (χ0v) is 12.3. The molecular weight excluding hydrogens is 276 g/mol. The molecule has 2 rings (SSSR count). The predicted molar refractivity (Wildman–Crippen MR) is 78.6 cm³/mol. The molecule has 1 aliphatic heterocycles. The van der Waals surface area contributed by atoms with Gasteiger partial charge >= 0.3 is 0 Å². The highest BCUT2D eigenvalue weighted by Gasteiger charge is 2.26.